The molecule has 2 rings (SSSR count). The van der Waals surface area contributed by atoms with E-state index in [1.54, 1.807) is 25.1 Å². The van der Waals surface area contributed by atoms with Crippen molar-refractivity contribution in [2.75, 3.05) is 36.9 Å². The van der Waals surface area contributed by atoms with Gasteiger partial charge < -0.3 is 20.7 Å². The number of carbonyl (C=O) groups excluding carboxylic acids is 2. The van der Waals surface area contributed by atoms with E-state index in [9.17, 15) is 9.59 Å². The molecule has 19 heavy (non-hydrogen) atoms. The summed E-state index contributed by atoms with van der Waals surface area (Å²) in [6.45, 7) is 3.66. The first-order valence-corrected chi connectivity index (χ1v) is 6.20. The molecule has 0 spiro atoms. The zero-order chi connectivity index (χ0) is 13.8. The number of esters is 1. The summed E-state index contributed by atoms with van der Waals surface area (Å²) >= 11 is 0. The molecule has 6 nitrogen and oxygen atoms in total. The van der Waals surface area contributed by atoms with Crippen molar-refractivity contribution in [3.8, 4) is 0 Å². The van der Waals surface area contributed by atoms with Crippen LogP contribution in [0.4, 0.5) is 11.4 Å². The zero-order valence-electron chi connectivity index (χ0n) is 10.8. The average Bonchev–Trinajstić information content (AvgIpc) is 2.38. The molecular formula is C13H17N3O3. The average molecular weight is 263 g/mol. The number of piperazine rings is 1. The molecule has 1 aliphatic heterocycles. The smallest absolute Gasteiger partial charge is 0.338 e. The first-order valence-electron chi connectivity index (χ1n) is 6.20. The molecule has 1 heterocycles. The maximum Gasteiger partial charge on any atom is 0.338 e. The van der Waals surface area contributed by atoms with Crippen LogP contribution in [0.5, 0.6) is 0 Å². The van der Waals surface area contributed by atoms with Gasteiger partial charge >= 0.3 is 5.97 Å². The number of nitrogen functional groups attached to an aromatic ring is 1. The van der Waals surface area contributed by atoms with E-state index < -0.39 is 5.97 Å². The number of nitrogens with one attached hydrogen (secondary N) is 1. The van der Waals surface area contributed by atoms with Gasteiger partial charge in [0.1, 0.15) is 0 Å². The van der Waals surface area contributed by atoms with Crippen molar-refractivity contribution in [3.63, 3.8) is 0 Å². The summed E-state index contributed by atoms with van der Waals surface area (Å²) in [5.74, 6) is -0.419. The van der Waals surface area contributed by atoms with Gasteiger partial charge in [-0.15, -0.1) is 0 Å². The normalized spacial score (nSPS) is 15.0. The number of hydrogen-bond donors (Lipinski definition) is 2. The van der Waals surface area contributed by atoms with E-state index in [0.29, 0.717) is 30.9 Å². The Morgan fingerprint density at radius 1 is 1.53 bits per heavy atom. The Labute approximate surface area is 111 Å². The van der Waals surface area contributed by atoms with Crippen LogP contribution in [0, 0.1) is 0 Å². The minimum absolute atomic E-state index is 0.0277. The summed E-state index contributed by atoms with van der Waals surface area (Å²) in [7, 11) is 0. The topological polar surface area (TPSA) is 84.7 Å². The number of nitrogens with two attached hydrogens (primary N) is 1. The van der Waals surface area contributed by atoms with E-state index in [2.05, 4.69) is 5.32 Å². The Morgan fingerprint density at radius 3 is 2.95 bits per heavy atom. The number of hydrogen-bond acceptors (Lipinski definition) is 5. The molecule has 0 atom stereocenters. The second-order valence-corrected chi connectivity index (χ2v) is 4.27. The van der Waals surface area contributed by atoms with Gasteiger partial charge in [0.05, 0.1) is 30.1 Å². The lowest BCUT2D eigenvalue weighted by Gasteiger charge is -2.29. The summed E-state index contributed by atoms with van der Waals surface area (Å²) in [4.78, 5) is 24.8. The van der Waals surface area contributed by atoms with E-state index in [4.69, 9.17) is 10.5 Å². The van der Waals surface area contributed by atoms with Gasteiger partial charge in [-0.25, -0.2) is 4.79 Å². The van der Waals surface area contributed by atoms with Crippen LogP contribution < -0.4 is 16.0 Å². The second-order valence-electron chi connectivity index (χ2n) is 4.27. The van der Waals surface area contributed by atoms with Gasteiger partial charge in [0.25, 0.3) is 0 Å². The van der Waals surface area contributed by atoms with E-state index >= 15 is 0 Å². The van der Waals surface area contributed by atoms with Crippen LogP contribution in [0.1, 0.15) is 17.3 Å². The molecule has 0 radical (unpaired) electrons. The van der Waals surface area contributed by atoms with Crippen molar-refractivity contribution in [3.05, 3.63) is 23.8 Å². The van der Waals surface area contributed by atoms with Crippen molar-refractivity contribution in [2.24, 2.45) is 0 Å². The summed E-state index contributed by atoms with van der Waals surface area (Å²) in [6.07, 6.45) is 0. The van der Waals surface area contributed by atoms with Crippen LogP contribution in [0.15, 0.2) is 18.2 Å². The van der Waals surface area contributed by atoms with Crippen LogP contribution in [0.25, 0.3) is 0 Å². The predicted molar refractivity (Wildman–Crippen MR) is 72.0 cm³/mol. The lowest BCUT2D eigenvalue weighted by Crippen LogP contribution is -2.47. The Morgan fingerprint density at radius 2 is 2.32 bits per heavy atom. The standard InChI is InChI=1S/C13H17N3O3/c1-2-19-13(18)9-3-4-11(10(14)7-9)16-6-5-15-12(17)8-16/h3-4,7H,2,5-6,8,14H2,1H3,(H,15,17). The number of ether oxygens (including phenoxy) is 1. The van der Waals surface area contributed by atoms with Crippen molar-refractivity contribution >= 4 is 23.3 Å². The van der Waals surface area contributed by atoms with Gasteiger partial charge in [-0.05, 0) is 25.1 Å². The molecule has 1 amide bonds. The lowest BCUT2D eigenvalue weighted by molar-refractivity contribution is -0.120. The molecule has 0 aromatic heterocycles. The Kier molecular flexibility index (Phi) is 3.89. The van der Waals surface area contributed by atoms with Crippen molar-refractivity contribution in [2.45, 2.75) is 6.92 Å². The molecule has 1 aromatic rings. The third kappa shape index (κ3) is 2.96. The largest absolute Gasteiger partial charge is 0.462 e. The molecule has 0 unspecified atom stereocenters. The van der Waals surface area contributed by atoms with Gasteiger partial charge in [-0.1, -0.05) is 0 Å². The fourth-order valence-corrected chi connectivity index (χ4v) is 2.03. The molecule has 6 heteroatoms. The highest BCUT2D eigenvalue weighted by atomic mass is 16.5. The minimum Gasteiger partial charge on any atom is -0.462 e. The number of benzene rings is 1. The molecule has 1 saturated heterocycles. The predicted octanol–water partition coefficient (Wildman–Crippen LogP) is 0.382. The first kappa shape index (κ1) is 13.2. The van der Waals surface area contributed by atoms with E-state index in [0.717, 1.165) is 5.69 Å². The van der Waals surface area contributed by atoms with Crippen molar-refractivity contribution in [1.82, 2.24) is 5.32 Å². The summed E-state index contributed by atoms with van der Waals surface area (Å²) < 4.78 is 4.91. The monoisotopic (exact) mass is 263 g/mol. The highest BCUT2D eigenvalue weighted by molar-refractivity contribution is 5.92. The maximum atomic E-state index is 11.6. The van der Waals surface area contributed by atoms with Gasteiger partial charge in [-0.3, -0.25) is 4.79 Å². The molecule has 0 aliphatic carbocycles. The van der Waals surface area contributed by atoms with Gasteiger partial charge in [-0.2, -0.15) is 0 Å². The Balaban J connectivity index is 2.19. The molecule has 0 saturated carbocycles. The molecule has 1 fully saturated rings. The second kappa shape index (κ2) is 5.60. The van der Waals surface area contributed by atoms with Crippen molar-refractivity contribution < 1.29 is 14.3 Å². The minimum atomic E-state index is -0.392. The molecule has 0 bridgehead atoms. The molecule has 102 valence electrons. The number of anilines is 2. The van der Waals surface area contributed by atoms with E-state index in [-0.39, 0.29) is 12.5 Å². The molecule has 3 N–H and O–H groups in total. The van der Waals surface area contributed by atoms with Gasteiger partial charge in [0, 0.05) is 13.1 Å². The number of amides is 1. The number of carbonyl (C=O) groups is 2. The highest BCUT2D eigenvalue weighted by Crippen LogP contribution is 2.25. The molecule has 1 aromatic carbocycles. The number of rotatable bonds is 3. The summed E-state index contributed by atoms with van der Waals surface area (Å²) in [6, 6.07) is 5.00. The Bertz CT molecular complexity index is 502. The van der Waals surface area contributed by atoms with Crippen LogP contribution >= 0.6 is 0 Å². The third-order valence-electron chi connectivity index (χ3n) is 2.92. The highest BCUT2D eigenvalue weighted by Gasteiger charge is 2.19. The Hall–Kier alpha value is -2.24. The fraction of sp³-hybridized carbons (Fsp3) is 0.385. The SMILES string of the molecule is CCOC(=O)c1ccc(N2CCNC(=O)C2)c(N)c1. The van der Waals surface area contributed by atoms with E-state index in [1.165, 1.54) is 0 Å². The lowest BCUT2D eigenvalue weighted by atomic mass is 10.1. The molecule has 1 aliphatic rings. The first-order chi connectivity index (χ1) is 9.11. The fourth-order valence-electron chi connectivity index (χ4n) is 2.03. The quantitative estimate of drug-likeness (QED) is 0.608. The van der Waals surface area contributed by atoms with Crippen LogP contribution in [0.2, 0.25) is 0 Å². The van der Waals surface area contributed by atoms with Gasteiger partial charge in [0.15, 0.2) is 0 Å². The van der Waals surface area contributed by atoms with Gasteiger partial charge in [0.2, 0.25) is 5.91 Å². The summed E-state index contributed by atoms with van der Waals surface area (Å²) in [5.41, 5.74) is 7.61. The molecular weight excluding hydrogens is 246 g/mol. The zero-order valence-corrected chi connectivity index (χ0v) is 10.8. The van der Waals surface area contributed by atoms with Crippen LogP contribution in [-0.2, 0) is 9.53 Å². The van der Waals surface area contributed by atoms with Crippen LogP contribution in [0.3, 0.4) is 0 Å². The third-order valence-corrected chi connectivity index (χ3v) is 2.92. The van der Waals surface area contributed by atoms with Crippen molar-refractivity contribution in [1.29, 1.82) is 0 Å². The summed E-state index contributed by atoms with van der Waals surface area (Å²) in [5, 5.41) is 2.75. The van der Waals surface area contributed by atoms with Crippen LogP contribution in [-0.4, -0.2) is 38.1 Å². The maximum absolute atomic E-state index is 11.6. The number of nitrogens with zero attached hydrogens (tertiary/aromatic N) is 1. The van der Waals surface area contributed by atoms with E-state index in [1.807, 2.05) is 4.90 Å².